The summed E-state index contributed by atoms with van der Waals surface area (Å²) in [5.41, 5.74) is 13.9. The first-order chi connectivity index (χ1) is 27.0. The second-order valence-electron chi connectivity index (χ2n) is 15.0. The van der Waals surface area contributed by atoms with Gasteiger partial charge in [-0.3, -0.25) is 0 Å². The maximum Gasteiger partial charge on any atom is 0.160 e. The molecule has 0 N–H and O–H groups in total. The third kappa shape index (κ3) is 4.99. The van der Waals surface area contributed by atoms with Crippen molar-refractivity contribution in [1.82, 2.24) is 9.97 Å². The lowest BCUT2D eigenvalue weighted by Gasteiger charge is -2.28. The molecule has 0 saturated carbocycles. The smallest absolute Gasteiger partial charge is 0.160 e. The monoisotopic (exact) mass is 705 g/mol. The predicted octanol–water partition coefficient (Wildman–Crippen LogP) is 13.8. The van der Waals surface area contributed by atoms with Crippen LogP contribution in [0.4, 0.5) is 17.1 Å². The summed E-state index contributed by atoms with van der Waals surface area (Å²) >= 11 is 0. The van der Waals surface area contributed by atoms with Gasteiger partial charge in [0.2, 0.25) is 0 Å². The normalized spacial score (nSPS) is 13.1. The number of hydrogen-bond acceptors (Lipinski definition) is 4. The summed E-state index contributed by atoms with van der Waals surface area (Å²) < 4.78 is 6.49. The maximum atomic E-state index is 6.49. The van der Waals surface area contributed by atoms with Crippen LogP contribution in [-0.4, -0.2) is 9.97 Å². The van der Waals surface area contributed by atoms with Crippen LogP contribution in [0.15, 0.2) is 180 Å². The van der Waals surface area contributed by atoms with E-state index >= 15 is 0 Å². The van der Waals surface area contributed by atoms with Crippen molar-refractivity contribution in [2.75, 3.05) is 4.90 Å². The predicted molar refractivity (Wildman–Crippen MR) is 227 cm³/mol. The molecule has 0 aliphatic heterocycles. The van der Waals surface area contributed by atoms with Gasteiger partial charge in [-0.15, -0.1) is 0 Å². The molecule has 0 unspecified atom stereocenters. The Bertz CT molecular complexity index is 3140. The zero-order valence-electron chi connectivity index (χ0n) is 30.5. The molecule has 8 aromatic carbocycles. The molecule has 10 aromatic rings. The lowest BCUT2D eigenvalue weighted by atomic mass is 9.82. The number of furan rings is 1. The topological polar surface area (TPSA) is 42.2 Å². The van der Waals surface area contributed by atoms with E-state index in [0.717, 1.165) is 66.7 Å². The number of aromatic nitrogens is 2. The molecule has 1 aliphatic rings. The fourth-order valence-corrected chi connectivity index (χ4v) is 8.67. The first kappa shape index (κ1) is 31.5. The third-order valence-electron chi connectivity index (χ3n) is 11.4. The van der Waals surface area contributed by atoms with Gasteiger partial charge in [0.15, 0.2) is 5.82 Å². The number of fused-ring (bicyclic) bond motifs is 8. The minimum Gasteiger partial charge on any atom is -0.456 e. The van der Waals surface area contributed by atoms with Gasteiger partial charge < -0.3 is 9.32 Å². The Hall–Kier alpha value is -7.04. The Kier molecular flexibility index (Phi) is 6.86. The van der Waals surface area contributed by atoms with Crippen LogP contribution in [0.3, 0.4) is 0 Å². The van der Waals surface area contributed by atoms with Gasteiger partial charge in [0, 0.05) is 49.8 Å². The lowest BCUT2D eigenvalue weighted by Crippen LogP contribution is -2.16. The van der Waals surface area contributed by atoms with Gasteiger partial charge in [-0.2, -0.15) is 0 Å². The van der Waals surface area contributed by atoms with E-state index in [9.17, 15) is 0 Å². The van der Waals surface area contributed by atoms with Crippen molar-refractivity contribution in [3.8, 4) is 33.8 Å². The molecule has 4 heteroatoms. The average Bonchev–Trinajstić information content (AvgIpc) is 3.70. The van der Waals surface area contributed by atoms with Crippen LogP contribution in [0.2, 0.25) is 0 Å². The molecule has 1 aliphatic carbocycles. The Labute approximate surface area is 319 Å². The zero-order chi connectivity index (χ0) is 36.7. The van der Waals surface area contributed by atoms with E-state index in [-0.39, 0.29) is 5.41 Å². The van der Waals surface area contributed by atoms with E-state index in [0.29, 0.717) is 5.82 Å². The van der Waals surface area contributed by atoms with Crippen molar-refractivity contribution in [3.63, 3.8) is 0 Å². The number of rotatable bonds is 5. The zero-order valence-corrected chi connectivity index (χ0v) is 30.5. The van der Waals surface area contributed by atoms with E-state index in [2.05, 4.69) is 189 Å². The van der Waals surface area contributed by atoms with Crippen molar-refractivity contribution in [2.45, 2.75) is 19.3 Å². The van der Waals surface area contributed by atoms with Gasteiger partial charge in [0.1, 0.15) is 11.2 Å². The van der Waals surface area contributed by atoms with Crippen LogP contribution >= 0.6 is 0 Å². The quantitative estimate of drug-likeness (QED) is 0.179. The molecule has 0 fully saturated rings. The number of benzene rings is 8. The van der Waals surface area contributed by atoms with Crippen LogP contribution in [-0.2, 0) is 5.41 Å². The largest absolute Gasteiger partial charge is 0.456 e. The van der Waals surface area contributed by atoms with E-state index in [1.807, 2.05) is 6.07 Å². The van der Waals surface area contributed by atoms with Crippen molar-refractivity contribution in [1.29, 1.82) is 0 Å². The van der Waals surface area contributed by atoms with Gasteiger partial charge in [-0.05, 0) is 99.8 Å². The third-order valence-corrected chi connectivity index (χ3v) is 11.4. The second kappa shape index (κ2) is 12.0. The number of hydrogen-bond donors (Lipinski definition) is 0. The van der Waals surface area contributed by atoms with Gasteiger partial charge >= 0.3 is 0 Å². The molecular weight excluding hydrogens is 671 g/mol. The van der Waals surface area contributed by atoms with Crippen LogP contribution in [0.1, 0.15) is 25.0 Å². The molecule has 2 heterocycles. The Morgan fingerprint density at radius 2 is 1.16 bits per heavy atom. The SMILES string of the molecule is CC1(C)c2ccccc2-c2ccc(N(c3ccccc3)c3cccc(-c4nc(-c5ccc6c(c5)oc5cc7ccccc7cc56)c5ccccc5n4)c3)cc21. The summed E-state index contributed by atoms with van der Waals surface area (Å²) in [4.78, 5) is 12.8. The van der Waals surface area contributed by atoms with Crippen molar-refractivity contribution in [3.05, 3.63) is 187 Å². The molecule has 55 heavy (non-hydrogen) atoms. The first-order valence-electron chi connectivity index (χ1n) is 18.8. The summed E-state index contributed by atoms with van der Waals surface area (Å²) in [6, 6.07) is 62.4. The fraction of sp³-hybridized carbons (Fsp3) is 0.0588. The van der Waals surface area contributed by atoms with Crippen LogP contribution in [0.5, 0.6) is 0 Å². The summed E-state index contributed by atoms with van der Waals surface area (Å²) in [5.74, 6) is 0.671. The van der Waals surface area contributed by atoms with Crippen LogP contribution in [0, 0.1) is 0 Å². The van der Waals surface area contributed by atoms with Gasteiger partial charge in [0.05, 0.1) is 11.2 Å². The van der Waals surface area contributed by atoms with Gasteiger partial charge in [-0.1, -0.05) is 123 Å². The van der Waals surface area contributed by atoms with E-state index in [4.69, 9.17) is 14.4 Å². The van der Waals surface area contributed by atoms with Crippen LogP contribution in [0.25, 0.3) is 77.4 Å². The molecule has 2 aromatic heterocycles. The van der Waals surface area contributed by atoms with E-state index in [1.54, 1.807) is 0 Å². The molecule has 11 rings (SSSR count). The Balaban J connectivity index is 1.04. The fourth-order valence-electron chi connectivity index (χ4n) is 8.67. The van der Waals surface area contributed by atoms with Gasteiger partial charge in [0.25, 0.3) is 0 Å². The molecule has 0 amide bonds. The second-order valence-corrected chi connectivity index (χ2v) is 15.0. The van der Waals surface area contributed by atoms with Crippen molar-refractivity contribution >= 4 is 60.7 Å². The van der Waals surface area contributed by atoms with Crippen molar-refractivity contribution in [2.24, 2.45) is 0 Å². The highest BCUT2D eigenvalue weighted by Gasteiger charge is 2.35. The lowest BCUT2D eigenvalue weighted by molar-refractivity contribution is 0.660. The molecule has 260 valence electrons. The Morgan fingerprint density at radius 1 is 0.455 bits per heavy atom. The summed E-state index contributed by atoms with van der Waals surface area (Å²) in [6.45, 7) is 4.66. The minimum absolute atomic E-state index is 0.110. The maximum absolute atomic E-state index is 6.49. The summed E-state index contributed by atoms with van der Waals surface area (Å²) in [6.07, 6.45) is 0. The molecule has 0 spiro atoms. The summed E-state index contributed by atoms with van der Waals surface area (Å²) in [5, 5.41) is 5.57. The highest BCUT2D eigenvalue weighted by Crippen LogP contribution is 2.50. The number of nitrogens with zero attached hydrogens (tertiary/aromatic N) is 3. The standard InChI is InChI=1S/C51H35N3O/c1-51(2)44-21-10-8-19-39(44)40-26-24-38(31-45(40)51)54(36-16-4-3-5-17-36)37-18-12-15-35(27-37)50-52-46-22-11-9-20-42(46)49(53-50)34-23-25-41-43-28-32-13-6-7-14-33(32)29-48(43)55-47(41)30-34/h3-31H,1-2H3. The first-order valence-corrected chi connectivity index (χ1v) is 18.8. The Morgan fingerprint density at radius 3 is 2.05 bits per heavy atom. The number of para-hydroxylation sites is 2. The molecular formula is C51H35N3O. The average molecular weight is 706 g/mol. The summed E-state index contributed by atoms with van der Waals surface area (Å²) in [7, 11) is 0. The van der Waals surface area contributed by atoms with Crippen molar-refractivity contribution < 1.29 is 4.42 Å². The van der Waals surface area contributed by atoms with Crippen LogP contribution < -0.4 is 4.90 Å². The number of anilines is 3. The van der Waals surface area contributed by atoms with Gasteiger partial charge in [-0.25, -0.2) is 9.97 Å². The minimum atomic E-state index is -0.110. The van der Waals surface area contributed by atoms with E-state index in [1.165, 1.54) is 33.0 Å². The molecule has 0 radical (unpaired) electrons. The molecule has 0 bridgehead atoms. The molecule has 0 saturated heterocycles. The molecule has 0 atom stereocenters. The van der Waals surface area contributed by atoms with E-state index < -0.39 is 0 Å². The highest BCUT2D eigenvalue weighted by atomic mass is 16.3. The highest BCUT2D eigenvalue weighted by molar-refractivity contribution is 6.11. The molecule has 4 nitrogen and oxygen atoms in total.